The largest absolute Gasteiger partial charge is 0.508 e. The number of amidine groups is 1. The van der Waals surface area contributed by atoms with E-state index in [1.54, 1.807) is 6.21 Å². The SMILES string of the molecule is CN1CCN(Cc2ccc(C3C(C#N)=C(c4ccc(O)cc4F)N=C4NN=CC43)o2)CC1. The van der Waals surface area contributed by atoms with Crippen LogP contribution in [0.15, 0.2) is 50.4 Å². The fourth-order valence-corrected chi connectivity index (χ4v) is 4.40. The number of benzene rings is 1. The number of fused-ring (bicyclic) bond motifs is 1. The molecule has 1 fully saturated rings. The molecule has 3 aliphatic heterocycles. The van der Waals surface area contributed by atoms with E-state index in [0.717, 1.165) is 38.0 Å². The molecular formula is C23H23FN6O2. The van der Waals surface area contributed by atoms with Crippen molar-refractivity contribution in [2.45, 2.75) is 12.5 Å². The zero-order valence-corrected chi connectivity index (χ0v) is 17.6. The first kappa shape index (κ1) is 20.4. The van der Waals surface area contributed by atoms with E-state index in [1.165, 1.54) is 12.1 Å². The molecule has 8 nitrogen and oxygen atoms in total. The highest BCUT2D eigenvalue weighted by molar-refractivity contribution is 6.06. The summed E-state index contributed by atoms with van der Waals surface area (Å²) < 4.78 is 20.9. The fraction of sp³-hybridized carbons (Fsp3) is 0.348. The van der Waals surface area contributed by atoms with Crippen LogP contribution in [0.25, 0.3) is 5.70 Å². The van der Waals surface area contributed by atoms with Crippen LogP contribution < -0.4 is 5.43 Å². The van der Waals surface area contributed by atoms with Gasteiger partial charge in [-0.2, -0.15) is 10.4 Å². The summed E-state index contributed by atoms with van der Waals surface area (Å²) in [6.45, 7) is 4.68. The van der Waals surface area contributed by atoms with Crippen LogP contribution in [-0.2, 0) is 6.54 Å². The van der Waals surface area contributed by atoms with Gasteiger partial charge in [-0.25, -0.2) is 9.38 Å². The maximum absolute atomic E-state index is 14.7. The Morgan fingerprint density at radius 2 is 2.06 bits per heavy atom. The van der Waals surface area contributed by atoms with Crippen molar-refractivity contribution >= 4 is 17.7 Å². The van der Waals surface area contributed by atoms with Crippen LogP contribution in [0.1, 0.15) is 23.0 Å². The topological polar surface area (TPSA) is 100 Å². The Morgan fingerprint density at radius 1 is 1.25 bits per heavy atom. The fourth-order valence-electron chi connectivity index (χ4n) is 4.40. The number of nitriles is 1. The van der Waals surface area contributed by atoms with E-state index >= 15 is 0 Å². The predicted octanol–water partition coefficient (Wildman–Crippen LogP) is 2.51. The summed E-state index contributed by atoms with van der Waals surface area (Å²) in [7, 11) is 2.12. The number of halogens is 1. The average molecular weight is 434 g/mol. The summed E-state index contributed by atoms with van der Waals surface area (Å²) in [5, 5.41) is 23.7. The Balaban J connectivity index is 1.50. The zero-order valence-electron chi connectivity index (χ0n) is 17.6. The van der Waals surface area contributed by atoms with Crippen LogP contribution >= 0.6 is 0 Å². The minimum Gasteiger partial charge on any atom is -0.508 e. The number of rotatable bonds is 4. The minimum atomic E-state index is -0.650. The van der Waals surface area contributed by atoms with E-state index in [9.17, 15) is 14.8 Å². The lowest BCUT2D eigenvalue weighted by molar-refractivity contribution is 0.139. The molecule has 0 spiro atoms. The molecule has 32 heavy (non-hydrogen) atoms. The highest BCUT2D eigenvalue weighted by Gasteiger charge is 2.40. The van der Waals surface area contributed by atoms with Gasteiger partial charge in [0.05, 0.1) is 35.7 Å². The van der Waals surface area contributed by atoms with E-state index < -0.39 is 11.7 Å². The standard InChI is InChI=1S/C23H23FN6O2/c1-29-6-8-30(9-7-29)13-15-3-5-20(32-15)21-17(11-25)22(27-23-18(21)12-26-28-23)16-4-2-14(31)10-19(16)24/h2-5,10,12,18,21,31H,6-9,13H2,1H3,(H,27,28). The monoisotopic (exact) mass is 434 g/mol. The molecule has 5 rings (SSSR count). The Labute approximate surface area is 185 Å². The first-order valence-electron chi connectivity index (χ1n) is 10.5. The summed E-state index contributed by atoms with van der Waals surface area (Å²) in [6, 6.07) is 9.86. The van der Waals surface area contributed by atoms with Crippen molar-refractivity contribution in [1.29, 1.82) is 5.26 Å². The lowest BCUT2D eigenvalue weighted by atomic mass is 9.80. The van der Waals surface area contributed by atoms with Gasteiger partial charge in [-0.05, 0) is 31.3 Å². The van der Waals surface area contributed by atoms with Gasteiger partial charge in [0.1, 0.15) is 28.9 Å². The molecule has 2 atom stereocenters. The number of hydrogen-bond acceptors (Lipinski definition) is 8. The molecule has 1 aromatic carbocycles. The van der Waals surface area contributed by atoms with Crippen LogP contribution in [-0.4, -0.2) is 60.2 Å². The third kappa shape index (κ3) is 3.68. The Bertz CT molecular complexity index is 1170. The molecule has 2 aromatic rings. The van der Waals surface area contributed by atoms with Crippen LogP contribution in [0.3, 0.4) is 0 Å². The average Bonchev–Trinajstić information content (AvgIpc) is 3.43. The van der Waals surface area contributed by atoms with Gasteiger partial charge in [-0.15, -0.1) is 0 Å². The first-order chi connectivity index (χ1) is 15.5. The summed E-state index contributed by atoms with van der Waals surface area (Å²) in [5.74, 6) is 0.370. The molecule has 9 heteroatoms. The van der Waals surface area contributed by atoms with Gasteiger partial charge in [0.15, 0.2) is 0 Å². The number of furan rings is 1. The number of phenolic OH excluding ortho intramolecular Hbond substituents is 1. The molecule has 0 amide bonds. The molecule has 2 N–H and O–H groups in total. The molecule has 1 saturated heterocycles. The van der Waals surface area contributed by atoms with Crippen molar-refractivity contribution in [1.82, 2.24) is 15.2 Å². The van der Waals surface area contributed by atoms with Crippen LogP contribution in [0.4, 0.5) is 4.39 Å². The molecule has 0 aliphatic carbocycles. The molecule has 0 bridgehead atoms. The Kier molecular flexibility index (Phi) is 5.25. The van der Waals surface area contributed by atoms with E-state index in [1.807, 2.05) is 12.1 Å². The normalized spacial score (nSPS) is 23.6. The number of piperazine rings is 1. The van der Waals surface area contributed by atoms with Crippen molar-refractivity contribution in [3.63, 3.8) is 0 Å². The molecule has 3 aliphatic rings. The quantitative estimate of drug-likeness (QED) is 0.767. The number of aromatic hydroxyl groups is 1. The molecule has 4 heterocycles. The number of hydrogen-bond donors (Lipinski definition) is 2. The summed E-state index contributed by atoms with van der Waals surface area (Å²) in [5.41, 5.74) is 3.53. The smallest absolute Gasteiger partial charge is 0.136 e. The van der Waals surface area contributed by atoms with Crippen molar-refractivity contribution in [3.05, 3.63) is 58.8 Å². The zero-order chi connectivity index (χ0) is 22.2. The van der Waals surface area contributed by atoms with E-state index in [2.05, 4.69) is 38.4 Å². The number of nitrogens with one attached hydrogen (secondary N) is 1. The predicted molar refractivity (Wildman–Crippen MR) is 117 cm³/mol. The maximum Gasteiger partial charge on any atom is 0.136 e. The number of phenols is 1. The molecule has 2 unspecified atom stereocenters. The molecule has 164 valence electrons. The van der Waals surface area contributed by atoms with Gasteiger partial charge < -0.3 is 14.4 Å². The van der Waals surface area contributed by atoms with E-state index in [-0.39, 0.29) is 22.9 Å². The number of likely N-dealkylation sites (N-methyl/N-ethyl adjacent to an activating group) is 1. The second-order valence-corrected chi connectivity index (χ2v) is 8.31. The minimum absolute atomic E-state index is 0.146. The Morgan fingerprint density at radius 3 is 2.81 bits per heavy atom. The number of allylic oxidation sites excluding steroid dienone is 1. The van der Waals surface area contributed by atoms with Crippen molar-refractivity contribution in [3.8, 4) is 11.8 Å². The van der Waals surface area contributed by atoms with Gasteiger partial charge in [0.2, 0.25) is 0 Å². The second kappa shape index (κ2) is 8.22. The third-order valence-electron chi connectivity index (χ3n) is 6.18. The molecular weight excluding hydrogens is 411 g/mol. The van der Waals surface area contributed by atoms with Crippen LogP contribution in [0, 0.1) is 23.1 Å². The number of hydrazone groups is 1. The highest BCUT2D eigenvalue weighted by atomic mass is 19.1. The number of nitrogens with zero attached hydrogens (tertiary/aromatic N) is 5. The molecule has 0 radical (unpaired) electrons. The molecule has 0 saturated carbocycles. The Hall–Kier alpha value is -3.48. The molecule has 1 aromatic heterocycles. The maximum atomic E-state index is 14.7. The van der Waals surface area contributed by atoms with Crippen LogP contribution in [0.5, 0.6) is 5.75 Å². The lowest BCUT2D eigenvalue weighted by Crippen LogP contribution is -2.43. The summed E-state index contributed by atoms with van der Waals surface area (Å²) in [6.07, 6.45) is 1.70. The van der Waals surface area contributed by atoms with Crippen molar-refractivity contribution in [2.75, 3.05) is 33.2 Å². The summed E-state index contributed by atoms with van der Waals surface area (Å²) in [4.78, 5) is 9.14. The van der Waals surface area contributed by atoms with Crippen molar-refractivity contribution in [2.24, 2.45) is 16.0 Å². The van der Waals surface area contributed by atoms with Gasteiger partial charge in [-0.3, -0.25) is 10.3 Å². The second-order valence-electron chi connectivity index (χ2n) is 8.31. The van der Waals surface area contributed by atoms with E-state index in [4.69, 9.17) is 4.42 Å². The first-order valence-corrected chi connectivity index (χ1v) is 10.5. The number of aliphatic imine (C=N–C) groups is 1. The van der Waals surface area contributed by atoms with Gasteiger partial charge in [0, 0.05) is 44.0 Å². The third-order valence-corrected chi connectivity index (χ3v) is 6.18. The summed E-state index contributed by atoms with van der Waals surface area (Å²) >= 11 is 0. The van der Waals surface area contributed by atoms with Gasteiger partial charge >= 0.3 is 0 Å². The van der Waals surface area contributed by atoms with Crippen LogP contribution in [0.2, 0.25) is 0 Å². The van der Waals surface area contributed by atoms with Crippen molar-refractivity contribution < 1.29 is 13.9 Å². The van der Waals surface area contributed by atoms with E-state index in [0.29, 0.717) is 23.7 Å². The lowest BCUT2D eigenvalue weighted by Gasteiger charge is -2.31. The van der Waals surface area contributed by atoms with Gasteiger partial charge in [0.25, 0.3) is 0 Å². The van der Waals surface area contributed by atoms with Gasteiger partial charge in [-0.1, -0.05) is 0 Å². The highest BCUT2D eigenvalue weighted by Crippen LogP contribution is 2.42.